The second-order valence-corrected chi connectivity index (χ2v) is 6.51. The fraction of sp³-hybridized carbons (Fsp3) is 0.833. The molecule has 0 aromatic heterocycles. The number of carbonyl (C=O) groups excluding carboxylic acids is 2. The summed E-state index contributed by atoms with van der Waals surface area (Å²) in [5.41, 5.74) is 5.35. The predicted octanol–water partition coefficient (Wildman–Crippen LogP) is 1.77. The molecule has 0 spiro atoms. The fourth-order valence-corrected chi connectivity index (χ4v) is 2.31. The van der Waals surface area contributed by atoms with E-state index in [-0.39, 0.29) is 12.2 Å². The minimum Gasteiger partial charge on any atom is -0.461 e. The molecule has 8 nitrogen and oxygen atoms in total. The lowest BCUT2D eigenvalue weighted by atomic mass is 10.4. The minimum absolute atomic E-state index is 0.346. The maximum absolute atomic E-state index is 11.9. The SMILES string of the molecule is CC(C)OC(=O)C(C)OP(N)(=O)OC(C)C(=O)OC(C)C. The first-order chi connectivity index (χ1) is 9.44. The second-order valence-electron chi connectivity index (χ2n) is 5.01. The number of hydrogen-bond acceptors (Lipinski definition) is 7. The Morgan fingerprint density at radius 3 is 1.33 bits per heavy atom. The van der Waals surface area contributed by atoms with Crippen molar-refractivity contribution in [3.05, 3.63) is 0 Å². The van der Waals surface area contributed by atoms with E-state index < -0.39 is 31.9 Å². The molecule has 2 N–H and O–H groups in total. The largest absolute Gasteiger partial charge is 0.461 e. The monoisotopic (exact) mass is 325 g/mol. The molecule has 2 unspecified atom stereocenters. The highest BCUT2D eigenvalue weighted by molar-refractivity contribution is 7.51. The van der Waals surface area contributed by atoms with E-state index in [0.717, 1.165) is 0 Å². The van der Waals surface area contributed by atoms with Crippen LogP contribution < -0.4 is 5.50 Å². The lowest BCUT2D eigenvalue weighted by Gasteiger charge is -2.21. The predicted molar refractivity (Wildman–Crippen MR) is 75.3 cm³/mol. The van der Waals surface area contributed by atoms with E-state index in [1.165, 1.54) is 13.8 Å². The molecule has 0 aliphatic carbocycles. The minimum atomic E-state index is -4.10. The van der Waals surface area contributed by atoms with Crippen LogP contribution in [0, 0.1) is 0 Å². The van der Waals surface area contributed by atoms with Gasteiger partial charge in [0, 0.05) is 0 Å². The molecule has 0 aromatic carbocycles. The van der Waals surface area contributed by atoms with E-state index in [1.807, 2.05) is 0 Å². The van der Waals surface area contributed by atoms with Crippen LogP contribution in [0.2, 0.25) is 0 Å². The lowest BCUT2D eigenvalue weighted by molar-refractivity contribution is -0.157. The van der Waals surface area contributed by atoms with Gasteiger partial charge in [-0.1, -0.05) is 0 Å². The van der Waals surface area contributed by atoms with Crippen molar-refractivity contribution in [2.75, 3.05) is 0 Å². The fourth-order valence-electron chi connectivity index (χ4n) is 1.21. The zero-order chi connectivity index (χ0) is 16.8. The summed E-state index contributed by atoms with van der Waals surface area (Å²) in [6, 6.07) is 0. The van der Waals surface area contributed by atoms with Crippen molar-refractivity contribution < 1.29 is 32.7 Å². The van der Waals surface area contributed by atoms with Crippen molar-refractivity contribution in [2.24, 2.45) is 5.50 Å². The van der Waals surface area contributed by atoms with Gasteiger partial charge in [0.1, 0.15) is 0 Å². The van der Waals surface area contributed by atoms with E-state index in [1.54, 1.807) is 27.7 Å². The highest BCUT2D eigenvalue weighted by Crippen LogP contribution is 2.42. The third-order valence-corrected chi connectivity index (χ3v) is 3.20. The number of hydrogen-bond donors (Lipinski definition) is 1. The molecule has 0 heterocycles. The molecule has 0 rings (SSSR count). The zero-order valence-electron chi connectivity index (χ0n) is 13.2. The van der Waals surface area contributed by atoms with E-state index >= 15 is 0 Å². The van der Waals surface area contributed by atoms with Crippen LogP contribution in [0.5, 0.6) is 0 Å². The Bertz CT molecular complexity index is 376. The summed E-state index contributed by atoms with van der Waals surface area (Å²) in [5, 5.41) is 0. The molecular weight excluding hydrogens is 301 g/mol. The van der Waals surface area contributed by atoms with Crippen LogP contribution in [-0.2, 0) is 32.7 Å². The highest BCUT2D eigenvalue weighted by Gasteiger charge is 2.32. The van der Waals surface area contributed by atoms with Gasteiger partial charge in [-0.3, -0.25) is 9.05 Å². The van der Waals surface area contributed by atoms with Gasteiger partial charge in [-0.2, -0.15) is 0 Å². The topological polar surface area (TPSA) is 114 Å². The zero-order valence-corrected chi connectivity index (χ0v) is 14.1. The molecule has 0 saturated heterocycles. The molecule has 0 bridgehead atoms. The van der Waals surface area contributed by atoms with Crippen molar-refractivity contribution in [1.29, 1.82) is 0 Å². The van der Waals surface area contributed by atoms with Crippen LogP contribution in [-0.4, -0.2) is 36.4 Å². The van der Waals surface area contributed by atoms with Gasteiger partial charge in [0.05, 0.1) is 12.2 Å². The normalized spacial score (nSPS) is 17.2. The van der Waals surface area contributed by atoms with Crippen molar-refractivity contribution in [3.63, 3.8) is 0 Å². The maximum atomic E-state index is 11.9. The van der Waals surface area contributed by atoms with Gasteiger partial charge in [0.25, 0.3) is 0 Å². The summed E-state index contributed by atoms with van der Waals surface area (Å²) in [7, 11) is -4.10. The number of nitrogens with two attached hydrogens (primary N) is 1. The van der Waals surface area contributed by atoms with Crippen molar-refractivity contribution in [2.45, 2.75) is 66.0 Å². The van der Waals surface area contributed by atoms with Gasteiger partial charge in [0.15, 0.2) is 12.2 Å². The Morgan fingerprint density at radius 2 is 1.10 bits per heavy atom. The molecule has 21 heavy (non-hydrogen) atoms. The summed E-state index contributed by atoms with van der Waals surface area (Å²) in [4.78, 5) is 23.1. The third-order valence-electron chi connectivity index (χ3n) is 1.98. The van der Waals surface area contributed by atoms with Gasteiger partial charge in [-0.15, -0.1) is 0 Å². The first-order valence-electron chi connectivity index (χ1n) is 6.61. The smallest absolute Gasteiger partial charge is 0.404 e. The Hall–Kier alpha value is -0.950. The third kappa shape index (κ3) is 8.83. The first kappa shape index (κ1) is 20.1. The Kier molecular flexibility index (Phi) is 8.10. The molecule has 124 valence electrons. The van der Waals surface area contributed by atoms with Gasteiger partial charge in [-0.05, 0) is 41.5 Å². The van der Waals surface area contributed by atoms with E-state index in [2.05, 4.69) is 0 Å². The molecule has 0 aromatic rings. The average Bonchev–Trinajstić information content (AvgIpc) is 2.25. The number of rotatable bonds is 8. The maximum Gasteiger partial charge on any atom is 0.404 e. The molecule has 0 aliphatic rings. The van der Waals surface area contributed by atoms with Gasteiger partial charge in [0.2, 0.25) is 0 Å². The first-order valence-corrected chi connectivity index (χ1v) is 8.22. The van der Waals surface area contributed by atoms with E-state index in [4.69, 9.17) is 24.0 Å². The molecule has 0 amide bonds. The molecule has 2 atom stereocenters. The van der Waals surface area contributed by atoms with Crippen molar-refractivity contribution >= 4 is 19.7 Å². The van der Waals surface area contributed by atoms with Crippen molar-refractivity contribution in [3.8, 4) is 0 Å². The molecule has 0 aliphatic heterocycles. The number of esters is 2. The van der Waals surface area contributed by atoms with E-state index in [0.29, 0.717) is 0 Å². The highest BCUT2D eigenvalue weighted by atomic mass is 31.2. The summed E-state index contributed by atoms with van der Waals surface area (Å²) < 4.78 is 31.4. The average molecular weight is 325 g/mol. The molecule has 0 saturated carbocycles. The summed E-state index contributed by atoms with van der Waals surface area (Å²) in [6.07, 6.45) is -3.06. The van der Waals surface area contributed by atoms with E-state index in [9.17, 15) is 14.2 Å². The van der Waals surface area contributed by atoms with Crippen LogP contribution in [0.4, 0.5) is 0 Å². The molecular formula is C12H24NO7P. The van der Waals surface area contributed by atoms with Gasteiger partial charge >= 0.3 is 19.7 Å². The van der Waals surface area contributed by atoms with Gasteiger partial charge in [-0.25, -0.2) is 19.7 Å². The van der Waals surface area contributed by atoms with Gasteiger partial charge < -0.3 is 9.47 Å². The Balaban J connectivity index is 4.52. The quantitative estimate of drug-likeness (QED) is 0.530. The summed E-state index contributed by atoms with van der Waals surface area (Å²) >= 11 is 0. The molecule has 9 heteroatoms. The van der Waals surface area contributed by atoms with Crippen LogP contribution in [0.15, 0.2) is 0 Å². The second kappa shape index (κ2) is 8.48. The molecule has 0 radical (unpaired) electrons. The lowest BCUT2D eigenvalue weighted by Crippen LogP contribution is -2.30. The summed E-state index contributed by atoms with van der Waals surface area (Å²) in [6.45, 7) is 9.29. The number of ether oxygens (including phenoxy) is 2. The van der Waals surface area contributed by atoms with Crippen LogP contribution in [0.25, 0.3) is 0 Å². The summed E-state index contributed by atoms with van der Waals surface area (Å²) in [5.74, 6) is -1.45. The number of carbonyl (C=O) groups is 2. The standard InChI is InChI=1S/C12H24NO7P/c1-7(2)17-11(14)9(5)19-21(13,16)20-10(6)12(15)18-8(3)4/h7-10H,1-6H3,(H2,13,16). The van der Waals surface area contributed by atoms with Crippen LogP contribution in [0.1, 0.15) is 41.5 Å². The van der Waals surface area contributed by atoms with Crippen molar-refractivity contribution in [1.82, 2.24) is 0 Å². The Labute approximate surface area is 124 Å². The van der Waals surface area contributed by atoms with Crippen LogP contribution in [0.3, 0.4) is 0 Å². The molecule has 0 fully saturated rings. The Morgan fingerprint density at radius 1 is 0.810 bits per heavy atom. The van der Waals surface area contributed by atoms with Crippen LogP contribution >= 0.6 is 7.75 Å².